The molecule has 0 fully saturated rings. The number of anilines is 1. The molecule has 19 heavy (non-hydrogen) atoms. The van der Waals surface area contributed by atoms with Gasteiger partial charge in [0.05, 0.1) is 12.0 Å². The van der Waals surface area contributed by atoms with Crippen molar-refractivity contribution in [1.82, 2.24) is 0 Å². The van der Waals surface area contributed by atoms with Crippen LogP contribution in [0, 0.1) is 0 Å². The van der Waals surface area contributed by atoms with Gasteiger partial charge in [0.15, 0.2) is 5.78 Å². The lowest BCUT2D eigenvalue weighted by Crippen LogP contribution is -2.25. The fraction of sp³-hybridized carbons (Fsp3) is 0.118. The third-order valence-electron chi connectivity index (χ3n) is 3.40. The highest BCUT2D eigenvalue weighted by molar-refractivity contribution is 5.99. The summed E-state index contributed by atoms with van der Waals surface area (Å²) in [6.07, 6.45) is 3.63. The minimum absolute atomic E-state index is 0.0253. The lowest BCUT2D eigenvalue weighted by atomic mass is 9.92. The number of para-hydroxylation sites is 1. The normalized spacial score (nSPS) is 21.6. The fourth-order valence-electron chi connectivity index (χ4n) is 2.48. The Hall–Kier alpha value is -2.35. The number of nitrogens with one attached hydrogen (secondary N) is 1. The van der Waals surface area contributed by atoms with Gasteiger partial charge >= 0.3 is 0 Å². The van der Waals surface area contributed by atoms with Crippen molar-refractivity contribution in [2.45, 2.75) is 12.0 Å². The SMILES string of the molecule is O=C1C=C[C@H](Nc2ccccc2)C1c1ccccc1. The van der Waals surface area contributed by atoms with Crippen LogP contribution in [0.2, 0.25) is 0 Å². The first-order chi connectivity index (χ1) is 9.34. The quantitative estimate of drug-likeness (QED) is 0.903. The predicted octanol–water partition coefficient (Wildman–Crippen LogP) is 3.39. The van der Waals surface area contributed by atoms with Gasteiger partial charge in [0.25, 0.3) is 0 Å². The summed E-state index contributed by atoms with van der Waals surface area (Å²) in [5.74, 6) is 0.0426. The van der Waals surface area contributed by atoms with Gasteiger partial charge in [-0.25, -0.2) is 0 Å². The van der Waals surface area contributed by atoms with Gasteiger partial charge in [-0.05, 0) is 23.8 Å². The van der Waals surface area contributed by atoms with Crippen LogP contribution < -0.4 is 5.32 Å². The van der Waals surface area contributed by atoms with Crippen LogP contribution in [-0.4, -0.2) is 11.8 Å². The molecule has 0 aliphatic heterocycles. The number of hydrogen-bond donors (Lipinski definition) is 1. The predicted molar refractivity (Wildman–Crippen MR) is 77.2 cm³/mol. The molecule has 0 radical (unpaired) electrons. The van der Waals surface area contributed by atoms with E-state index < -0.39 is 0 Å². The van der Waals surface area contributed by atoms with E-state index in [1.165, 1.54) is 0 Å². The monoisotopic (exact) mass is 249 g/mol. The van der Waals surface area contributed by atoms with Crippen LogP contribution in [0.5, 0.6) is 0 Å². The molecule has 0 spiro atoms. The van der Waals surface area contributed by atoms with Gasteiger partial charge in [-0.3, -0.25) is 4.79 Å². The Morgan fingerprint density at radius 3 is 2.16 bits per heavy atom. The van der Waals surface area contributed by atoms with E-state index in [0.29, 0.717) is 0 Å². The summed E-state index contributed by atoms with van der Waals surface area (Å²) in [5, 5.41) is 3.41. The maximum atomic E-state index is 12.0. The first-order valence-electron chi connectivity index (χ1n) is 6.43. The van der Waals surface area contributed by atoms with Gasteiger partial charge in [-0.2, -0.15) is 0 Å². The summed E-state index contributed by atoms with van der Waals surface area (Å²) < 4.78 is 0. The number of hydrogen-bond acceptors (Lipinski definition) is 2. The van der Waals surface area contributed by atoms with E-state index in [1.807, 2.05) is 66.7 Å². The molecule has 1 aliphatic rings. The summed E-state index contributed by atoms with van der Waals surface area (Å²) >= 11 is 0. The number of ketones is 1. The molecule has 0 aromatic heterocycles. The van der Waals surface area contributed by atoms with Gasteiger partial charge in [0, 0.05) is 5.69 Å². The Labute approximate surface area is 112 Å². The van der Waals surface area contributed by atoms with Crippen molar-refractivity contribution in [3.05, 3.63) is 78.4 Å². The lowest BCUT2D eigenvalue weighted by molar-refractivity contribution is -0.115. The second kappa shape index (κ2) is 5.11. The molecule has 1 unspecified atom stereocenters. The van der Waals surface area contributed by atoms with Crippen LogP contribution in [0.15, 0.2) is 72.8 Å². The standard InChI is InChI=1S/C17H15NO/c19-16-12-11-15(18-14-9-5-2-6-10-14)17(16)13-7-3-1-4-8-13/h1-12,15,17-18H/t15-,17?/m0/s1. The minimum atomic E-state index is -0.124. The molecule has 0 heterocycles. The van der Waals surface area contributed by atoms with Crippen LogP contribution in [0.4, 0.5) is 5.69 Å². The molecule has 2 atom stereocenters. The number of allylic oxidation sites excluding steroid dienone is 1. The first-order valence-corrected chi connectivity index (χ1v) is 6.43. The molecule has 2 aromatic rings. The second-order valence-electron chi connectivity index (χ2n) is 4.69. The van der Waals surface area contributed by atoms with Crippen LogP contribution in [0.25, 0.3) is 0 Å². The molecule has 0 saturated heterocycles. The van der Waals surface area contributed by atoms with E-state index in [2.05, 4.69) is 5.32 Å². The van der Waals surface area contributed by atoms with E-state index in [0.717, 1.165) is 11.3 Å². The zero-order valence-corrected chi connectivity index (χ0v) is 10.5. The first kappa shape index (κ1) is 11.7. The Kier molecular flexibility index (Phi) is 3.15. The van der Waals surface area contributed by atoms with E-state index in [4.69, 9.17) is 0 Å². The van der Waals surface area contributed by atoms with Crippen molar-refractivity contribution in [3.8, 4) is 0 Å². The molecule has 1 N–H and O–H groups in total. The highest BCUT2D eigenvalue weighted by atomic mass is 16.1. The lowest BCUT2D eigenvalue weighted by Gasteiger charge is -2.21. The Morgan fingerprint density at radius 1 is 0.842 bits per heavy atom. The van der Waals surface area contributed by atoms with Gasteiger partial charge in [0.1, 0.15) is 0 Å². The van der Waals surface area contributed by atoms with Gasteiger partial charge in [-0.15, -0.1) is 0 Å². The van der Waals surface area contributed by atoms with Crippen molar-refractivity contribution in [3.63, 3.8) is 0 Å². The topological polar surface area (TPSA) is 29.1 Å². The number of carbonyl (C=O) groups is 1. The summed E-state index contributed by atoms with van der Waals surface area (Å²) in [5.41, 5.74) is 2.10. The summed E-state index contributed by atoms with van der Waals surface area (Å²) in [6, 6.07) is 19.9. The molecular formula is C17H15NO. The van der Waals surface area contributed by atoms with Gasteiger partial charge < -0.3 is 5.32 Å². The summed E-state index contributed by atoms with van der Waals surface area (Å²) in [4.78, 5) is 12.0. The third kappa shape index (κ3) is 2.43. The van der Waals surface area contributed by atoms with Crippen molar-refractivity contribution >= 4 is 11.5 Å². The average Bonchev–Trinajstić information content (AvgIpc) is 2.82. The van der Waals surface area contributed by atoms with Crippen LogP contribution in [-0.2, 0) is 4.79 Å². The van der Waals surface area contributed by atoms with E-state index in [1.54, 1.807) is 6.08 Å². The zero-order valence-electron chi connectivity index (χ0n) is 10.5. The Bertz CT molecular complexity index is 589. The van der Waals surface area contributed by atoms with Crippen molar-refractivity contribution < 1.29 is 4.79 Å². The van der Waals surface area contributed by atoms with Crippen molar-refractivity contribution in [2.24, 2.45) is 0 Å². The Balaban J connectivity index is 1.85. The van der Waals surface area contributed by atoms with Crippen LogP contribution in [0.3, 0.4) is 0 Å². The highest BCUT2D eigenvalue weighted by Gasteiger charge is 2.31. The van der Waals surface area contributed by atoms with Crippen LogP contribution in [0.1, 0.15) is 11.5 Å². The van der Waals surface area contributed by atoms with Gasteiger partial charge in [0.2, 0.25) is 0 Å². The summed E-state index contributed by atoms with van der Waals surface area (Å²) in [7, 11) is 0. The number of benzene rings is 2. The molecule has 0 amide bonds. The average molecular weight is 249 g/mol. The Morgan fingerprint density at radius 2 is 1.47 bits per heavy atom. The molecule has 94 valence electrons. The highest BCUT2D eigenvalue weighted by Crippen LogP contribution is 2.29. The second-order valence-corrected chi connectivity index (χ2v) is 4.69. The molecular weight excluding hydrogens is 234 g/mol. The summed E-state index contributed by atoms with van der Waals surface area (Å²) in [6.45, 7) is 0. The fourth-order valence-corrected chi connectivity index (χ4v) is 2.48. The number of rotatable bonds is 3. The molecule has 1 aliphatic carbocycles. The largest absolute Gasteiger partial charge is 0.378 e. The maximum absolute atomic E-state index is 12.0. The smallest absolute Gasteiger partial charge is 0.165 e. The number of carbonyl (C=O) groups excluding carboxylic acids is 1. The molecule has 3 rings (SSSR count). The van der Waals surface area contributed by atoms with E-state index >= 15 is 0 Å². The molecule has 2 heteroatoms. The third-order valence-corrected chi connectivity index (χ3v) is 3.40. The minimum Gasteiger partial charge on any atom is -0.378 e. The molecule has 2 aromatic carbocycles. The van der Waals surface area contributed by atoms with E-state index in [-0.39, 0.29) is 17.7 Å². The van der Waals surface area contributed by atoms with E-state index in [9.17, 15) is 4.79 Å². The van der Waals surface area contributed by atoms with Crippen LogP contribution >= 0.6 is 0 Å². The molecule has 0 saturated carbocycles. The zero-order chi connectivity index (χ0) is 13.1. The van der Waals surface area contributed by atoms with Crippen molar-refractivity contribution in [1.29, 1.82) is 0 Å². The van der Waals surface area contributed by atoms with Gasteiger partial charge in [-0.1, -0.05) is 54.6 Å². The molecule has 0 bridgehead atoms. The maximum Gasteiger partial charge on any atom is 0.165 e. The van der Waals surface area contributed by atoms with Crippen molar-refractivity contribution in [2.75, 3.05) is 5.32 Å². The molecule has 2 nitrogen and oxygen atoms in total.